The number of methoxy groups -OCH3 is 1. The molecule has 0 radical (unpaired) electrons. The van der Waals surface area contributed by atoms with Gasteiger partial charge in [-0.05, 0) is 30.8 Å². The van der Waals surface area contributed by atoms with Gasteiger partial charge in [0.1, 0.15) is 5.54 Å². The number of carbonyl (C=O) groups excluding carboxylic acids is 1. The maximum atomic E-state index is 12.3. The Morgan fingerprint density at radius 1 is 1.68 bits per heavy atom. The van der Waals surface area contributed by atoms with E-state index in [1.165, 1.54) is 12.0 Å². The molecule has 5 heteroatoms. The lowest BCUT2D eigenvalue weighted by Crippen LogP contribution is -2.63. The third kappa shape index (κ3) is 2.99. The Balaban J connectivity index is 2.15. The highest BCUT2D eigenvalue weighted by molar-refractivity contribution is 7.09. The number of piperidine rings is 1. The fourth-order valence-electron chi connectivity index (χ4n) is 2.85. The minimum absolute atomic E-state index is 0.127. The van der Waals surface area contributed by atoms with E-state index in [1.54, 1.807) is 11.3 Å². The molecule has 2 heterocycles. The second-order valence-corrected chi connectivity index (χ2v) is 5.99. The summed E-state index contributed by atoms with van der Waals surface area (Å²) in [5.41, 5.74) is -0.543. The summed E-state index contributed by atoms with van der Waals surface area (Å²) in [4.78, 5) is 13.6. The highest BCUT2D eigenvalue weighted by atomic mass is 32.1. The Hall–Kier alpha value is -0.910. The summed E-state index contributed by atoms with van der Waals surface area (Å²) in [6.07, 6.45) is 1.74. The number of esters is 1. The first-order valence-corrected chi connectivity index (χ1v) is 7.67. The molecular formula is C14H22N2O2S. The van der Waals surface area contributed by atoms with Crippen LogP contribution in [0.4, 0.5) is 0 Å². The molecule has 0 saturated carbocycles. The molecule has 1 aliphatic rings. The molecule has 19 heavy (non-hydrogen) atoms. The Morgan fingerprint density at radius 3 is 3.16 bits per heavy atom. The first-order valence-electron chi connectivity index (χ1n) is 6.79. The zero-order valence-corrected chi connectivity index (χ0v) is 12.4. The van der Waals surface area contributed by atoms with Crippen molar-refractivity contribution in [3.63, 3.8) is 0 Å². The number of rotatable bonds is 5. The summed E-state index contributed by atoms with van der Waals surface area (Å²) in [6, 6.07) is 4.12. The molecule has 0 amide bonds. The van der Waals surface area contributed by atoms with E-state index in [0.717, 1.165) is 32.5 Å². The molecule has 0 bridgehead atoms. The topological polar surface area (TPSA) is 50.4 Å². The molecule has 1 aromatic heterocycles. The summed E-state index contributed by atoms with van der Waals surface area (Å²) >= 11 is 1.71. The molecule has 2 unspecified atom stereocenters. The Labute approximate surface area is 118 Å². The van der Waals surface area contributed by atoms with Crippen molar-refractivity contribution in [1.29, 1.82) is 0 Å². The van der Waals surface area contributed by atoms with E-state index in [2.05, 4.69) is 29.0 Å². The molecule has 0 spiro atoms. The predicted molar refractivity (Wildman–Crippen MR) is 77.2 cm³/mol. The van der Waals surface area contributed by atoms with Crippen LogP contribution in [0, 0.1) is 5.92 Å². The third-order valence-electron chi connectivity index (χ3n) is 3.98. The van der Waals surface area contributed by atoms with Crippen LogP contribution in [0.3, 0.4) is 0 Å². The fourth-order valence-corrected chi connectivity index (χ4v) is 3.49. The van der Waals surface area contributed by atoms with Gasteiger partial charge in [-0.3, -0.25) is 10.1 Å². The van der Waals surface area contributed by atoms with E-state index < -0.39 is 5.54 Å². The number of hydrogen-bond acceptors (Lipinski definition) is 5. The molecule has 2 N–H and O–H groups in total. The predicted octanol–water partition coefficient (Wildman–Crippen LogP) is 1.77. The molecule has 2 atom stereocenters. The standard InChI is InChI=1S/C14H22N2O2S/c1-3-11-9-15-7-6-14(11,13(17)18-2)16-10-12-5-4-8-19-12/h4-5,8,11,15-16H,3,6-7,9-10H2,1-2H3. The van der Waals surface area contributed by atoms with Gasteiger partial charge in [-0.2, -0.15) is 0 Å². The summed E-state index contributed by atoms with van der Waals surface area (Å²) in [7, 11) is 1.48. The molecule has 1 fully saturated rings. The zero-order valence-electron chi connectivity index (χ0n) is 11.6. The lowest BCUT2D eigenvalue weighted by molar-refractivity contribution is -0.153. The van der Waals surface area contributed by atoms with E-state index in [-0.39, 0.29) is 11.9 Å². The van der Waals surface area contributed by atoms with E-state index in [9.17, 15) is 4.79 Å². The summed E-state index contributed by atoms with van der Waals surface area (Å²) < 4.78 is 5.07. The van der Waals surface area contributed by atoms with Gasteiger partial charge in [0.05, 0.1) is 7.11 Å². The molecule has 0 aliphatic carbocycles. The van der Waals surface area contributed by atoms with Gasteiger partial charge >= 0.3 is 5.97 Å². The largest absolute Gasteiger partial charge is 0.468 e. The van der Waals surface area contributed by atoms with Crippen LogP contribution < -0.4 is 10.6 Å². The van der Waals surface area contributed by atoms with Crippen LogP contribution in [0.5, 0.6) is 0 Å². The monoisotopic (exact) mass is 282 g/mol. The number of thiophene rings is 1. The van der Waals surface area contributed by atoms with Gasteiger partial charge in [0.15, 0.2) is 0 Å². The first-order chi connectivity index (χ1) is 9.23. The van der Waals surface area contributed by atoms with Gasteiger partial charge < -0.3 is 10.1 Å². The Morgan fingerprint density at radius 2 is 2.53 bits per heavy atom. The van der Waals surface area contributed by atoms with Gasteiger partial charge in [0.2, 0.25) is 0 Å². The molecule has 4 nitrogen and oxygen atoms in total. The molecule has 1 saturated heterocycles. The van der Waals surface area contributed by atoms with Crippen LogP contribution in [0.25, 0.3) is 0 Å². The molecule has 1 aromatic rings. The summed E-state index contributed by atoms with van der Waals surface area (Å²) in [6.45, 7) is 4.57. The molecule has 2 rings (SSSR count). The SMILES string of the molecule is CCC1CNCCC1(NCc1cccs1)C(=O)OC. The quantitative estimate of drug-likeness (QED) is 0.808. The van der Waals surface area contributed by atoms with Gasteiger partial charge in [0, 0.05) is 23.9 Å². The van der Waals surface area contributed by atoms with Gasteiger partial charge in [-0.15, -0.1) is 11.3 Å². The van der Waals surface area contributed by atoms with Crippen molar-refractivity contribution in [2.45, 2.75) is 31.8 Å². The van der Waals surface area contributed by atoms with Crippen LogP contribution in [-0.4, -0.2) is 31.7 Å². The Kier molecular flexibility index (Phi) is 4.96. The minimum Gasteiger partial charge on any atom is -0.468 e. The highest BCUT2D eigenvalue weighted by Gasteiger charge is 2.46. The fraction of sp³-hybridized carbons (Fsp3) is 0.643. The first kappa shape index (κ1) is 14.5. The average molecular weight is 282 g/mol. The van der Waals surface area contributed by atoms with Crippen molar-refractivity contribution < 1.29 is 9.53 Å². The van der Waals surface area contributed by atoms with Crippen molar-refractivity contribution >= 4 is 17.3 Å². The second kappa shape index (κ2) is 6.50. The molecular weight excluding hydrogens is 260 g/mol. The van der Waals surface area contributed by atoms with Crippen LogP contribution in [0.1, 0.15) is 24.6 Å². The lowest BCUT2D eigenvalue weighted by Gasteiger charge is -2.42. The molecule has 0 aromatic carbocycles. The van der Waals surface area contributed by atoms with Crippen LogP contribution in [0.2, 0.25) is 0 Å². The normalized spacial score (nSPS) is 27.2. The van der Waals surface area contributed by atoms with E-state index in [4.69, 9.17) is 4.74 Å². The maximum absolute atomic E-state index is 12.3. The molecule has 106 valence electrons. The second-order valence-electron chi connectivity index (χ2n) is 4.96. The van der Waals surface area contributed by atoms with Crippen LogP contribution in [-0.2, 0) is 16.1 Å². The third-order valence-corrected chi connectivity index (χ3v) is 4.86. The van der Waals surface area contributed by atoms with Crippen LogP contribution in [0.15, 0.2) is 17.5 Å². The summed E-state index contributed by atoms with van der Waals surface area (Å²) in [5.74, 6) is 0.145. The average Bonchev–Trinajstić information content (AvgIpc) is 2.97. The van der Waals surface area contributed by atoms with Crippen molar-refractivity contribution in [2.75, 3.05) is 20.2 Å². The van der Waals surface area contributed by atoms with E-state index in [1.807, 2.05) is 6.07 Å². The maximum Gasteiger partial charge on any atom is 0.326 e. The smallest absolute Gasteiger partial charge is 0.326 e. The molecule has 1 aliphatic heterocycles. The summed E-state index contributed by atoms with van der Waals surface area (Å²) in [5, 5.41) is 8.91. The highest BCUT2D eigenvalue weighted by Crippen LogP contribution is 2.29. The van der Waals surface area contributed by atoms with Crippen molar-refractivity contribution in [2.24, 2.45) is 5.92 Å². The van der Waals surface area contributed by atoms with Gasteiger partial charge in [-0.25, -0.2) is 0 Å². The van der Waals surface area contributed by atoms with Gasteiger partial charge in [-0.1, -0.05) is 13.0 Å². The van der Waals surface area contributed by atoms with Crippen molar-refractivity contribution in [1.82, 2.24) is 10.6 Å². The number of hydrogen-bond donors (Lipinski definition) is 2. The van der Waals surface area contributed by atoms with Crippen LogP contribution >= 0.6 is 11.3 Å². The number of ether oxygens (including phenoxy) is 1. The number of carbonyl (C=O) groups is 1. The number of nitrogens with one attached hydrogen (secondary N) is 2. The van der Waals surface area contributed by atoms with Crippen molar-refractivity contribution in [3.05, 3.63) is 22.4 Å². The lowest BCUT2D eigenvalue weighted by atomic mass is 9.76. The van der Waals surface area contributed by atoms with E-state index in [0.29, 0.717) is 0 Å². The van der Waals surface area contributed by atoms with Gasteiger partial charge in [0.25, 0.3) is 0 Å². The Bertz CT molecular complexity index is 408. The van der Waals surface area contributed by atoms with Crippen molar-refractivity contribution in [3.8, 4) is 0 Å². The van der Waals surface area contributed by atoms with E-state index >= 15 is 0 Å². The zero-order chi connectivity index (χ0) is 13.7. The minimum atomic E-state index is -0.543.